The molecule has 2 aromatic carbocycles. The number of fused-ring (bicyclic) bond motifs is 1. The minimum Gasteiger partial charge on any atom is -0.493 e. The molecule has 0 saturated carbocycles. The maximum Gasteiger partial charge on any atom is 0.163 e. The fraction of sp³-hybridized carbons (Fsp3) is 0.367. The van der Waals surface area contributed by atoms with Crippen molar-refractivity contribution in [3.8, 4) is 16.9 Å². The van der Waals surface area contributed by atoms with Gasteiger partial charge in [-0.3, -0.25) is 14.8 Å². The van der Waals surface area contributed by atoms with Crippen LogP contribution < -0.4 is 4.74 Å². The predicted octanol–water partition coefficient (Wildman–Crippen LogP) is 6.70. The molecule has 0 bridgehead atoms. The summed E-state index contributed by atoms with van der Waals surface area (Å²) in [5, 5.41) is 2.04. The molecule has 1 aliphatic rings. The molecule has 180 valence electrons. The molecule has 0 unspecified atom stereocenters. The average molecular weight is 469 g/mol. The van der Waals surface area contributed by atoms with Crippen molar-refractivity contribution in [2.24, 2.45) is 0 Å². The molecule has 0 fully saturated rings. The summed E-state index contributed by atoms with van der Waals surface area (Å²) in [6.45, 7) is 12.4. The summed E-state index contributed by atoms with van der Waals surface area (Å²) in [6.07, 6.45) is 2.87. The van der Waals surface area contributed by atoms with Gasteiger partial charge >= 0.3 is 0 Å². The van der Waals surface area contributed by atoms with Gasteiger partial charge in [-0.1, -0.05) is 13.0 Å². The number of hydrogen-bond acceptors (Lipinski definition) is 5. The molecule has 0 aliphatic carbocycles. The molecule has 0 amide bonds. The Morgan fingerprint density at radius 1 is 1.17 bits per heavy atom. The lowest BCUT2D eigenvalue weighted by Crippen LogP contribution is -2.27. The molecule has 0 spiro atoms. The third kappa shape index (κ3) is 4.19. The number of carbonyl (C=O) groups excluding carboxylic acids is 1. The molecule has 5 rings (SSSR count). The van der Waals surface area contributed by atoms with E-state index in [9.17, 15) is 4.79 Å². The van der Waals surface area contributed by atoms with E-state index in [1.54, 1.807) is 6.92 Å². The zero-order valence-corrected chi connectivity index (χ0v) is 21.4. The van der Waals surface area contributed by atoms with Crippen LogP contribution in [0, 0.1) is 6.92 Å². The number of rotatable bonds is 5. The summed E-state index contributed by atoms with van der Waals surface area (Å²) in [6, 6.07) is 12.4. The van der Waals surface area contributed by atoms with Crippen LogP contribution in [0.2, 0.25) is 0 Å². The van der Waals surface area contributed by atoms with Crippen molar-refractivity contribution in [3.63, 3.8) is 0 Å². The van der Waals surface area contributed by atoms with Crippen LogP contribution in [0.3, 0.4) is 0 Å². The lowest BCUT2D eigenvalue weighted by Gasteiger charge is -2.30. The Morgan fingerprint density at radius 3 is 2.69 bits per heavy atom. The molecule has 3 heterocycles. The number of Topliss-reactive ketones (excluding diaryl/α,β-unsaturated/α-hetero) is 1. The Kier molecular flexibility index (Phi) is 5.84. The first-order chi connectivity index (χ1) is 16.7. The van der Waals surface area contributed by atoms with Gasteiger partial charge in [0.25, 0.3) is 0 Å². The molecule has 4 aromatic rings. The SMILES string of the molecule is CCc1ccc2c(-c3ccc4c5c(ccnc35)CCO4)c([C@H](OC(C)(C)C)C(C)=O)c(C)cc2n1. The summed E-state index contributed by atoms with van der Waals surface area (Å²) in [4.78, 5) is 22.8. The molecule has 0 saturated heterocycles. The third-order valence-electron chi connectivity index (χ3n) is 6.60. The van der Waals surface area contributed by atoms with Gasteiger partial charge < -0.3 is 9.47 Å². The van der Waals surface area contributed by atoms with Crippen molar-refractivity contribution >= 4 is 27.6 Å². The zero-order valence-electron chi connectivity index (χ0n) is 21.4. The van der Waals surface area contributed by atoms with Gasteiger partial charge in [-0.2, -0.15) is 0 Å². The van der Waals surface area contributed by atoms with E-state index in [-0.39, 0.29) is 5.78 Å². The first kappa shape index (κ1) is 23.4. The van der Waals surface area contributed by atoms with Crippen molar-refractivity contribution in [1.29, 1.82) is 0 Å². The Labute approximate surface area is 206 Å². The van der Waals surface area contributed by atoms with E-state index in [2.05, 4.69) is 37.3 Å². The highest BCUT2D eigenvalue weighted by molar-refractivity contribution is 6.08. The Hall–Kier alpha value is -3.31. The van der Waals surface area contributed by atoms with Gasteiger partial charge in [-0.15, -0.1) is 0 Å². The molecule has 1 atom stereocenters. The van der Waals surface area contributed by atoms with Crippen molar-refractivity contribution in [1.82, 2.24) is 9.97 Å². The van der Waals surface area contributed by atoms with Crippen LogP contribution in [0.25, 0.3) is 32.9 Å². The first-order valence-corrected chi connectivity index (χ1v) is 12.3. The third-order valence-corrected chi connectivity index (χ3v) is 6.60. The largest absolute Gasteiger partial charge is 0.493 e. The number of pyridine rings is 2. The van der Waals surface area contributed by atoms with E-state index >= 15 is 0 Å². The highest BCUT2D eigenvalue weighted by Gasteiger charge is 2.31. The first-order valence-electron chi connectivity index (χ1n) is 12.3. The molecular formula is C30H32N2O3. The Morgan fingerprint density at radius 2 is 1.97 bits per heavy atom. The molecule has 2 aromatic heterocycles. The van der Waals surface area contributed by atoms with E-state index in [1.807, 2.05) is 40.0 Å². The average Bonchev–Trinajstić information content (AvgIpc) is 2.82. The van der Waals surface area contributed by atoms with Gasteiger partial charge in [-0.05, 0) is 93.6 Å². The Bertz CT molecular complexity index is 1460. The highest BCUT2D eigenvalue weighted by atomic mass is 16.5. The van der Waals surface area contributed by atoms with Crippen molar-refractivity contribution in [2.75, 3.05) is 6.61 Å². The van der Waals surface area contributed by atoms with E-state index < -0.39 is 11.7 Å². The van der Waals surface area contributed by atoms with Crippen LogP contribution in [-0.2, 0) is 22.4 Å². The van der Waals surface area contributed by atoms with Crippen molar-refractivity contribution < 1.29 is 14.3 Å². The van der Waals surface area contributed by atoms with Gasteiger partial charge in [0, 0.05) is 34.6 Å². The van der Waals surface area contributed by atoms with Crippen molar-refractivity contribution in [2.45, 2.75) is 66.1 Å². The second-order valence-corrected chi connectivity index (χ2v) is 10.3. The predicted molar refractivity (Wildman–Crippen MR) is 140 cm³/mol. The van der Waals surface area contributed by atoms with Crippen LogP contribution >= 0.6 is 0 Å². The zero-order chi connectivity index (χ0) is 24.9. The highest BCUT2D eigenvalue weighted by Crippen LogP contribution is 2.45. The summed E-state index contributed by atoms with van der Waals surface area (Å²) >= 11 is 0. The van der Waals surface area contributed by atoms with Crippen molar-refractivity contribution in [3.05, 3.63) is 65.0 Å². The number of nitrogens with zero attached hydrogens (tertiary/aromatic N) is 2. The maximum atomic E-state index is 13.0. The molecular weight excluding hydrogens is 436 g/mol. The standard InChI is InChI=1S/C30H32N2O3/c1-7-20-8-9-21-23(32-20)16-17(2)25(29(18(3)33)35-30(4,5)6)27(21)22-10-11-24-26-19(13-15-34-24)12-14-31-28(22)26/h8-12,14,16,29H,7,13,15H2,1-6H3/t29-/m1/s1. The number of aromatic nitrogens is 2. The summed E-state index contributed by atoms with van der Waals surface area (Å²) in [7, 11) is 0. The van der Waals surface area contributed by atoms with Gasteiger partial charge in [0.1, 0.15) is 11.9 Å². The monoisotopic (exact) mass is 468 g/mol. The van der Waals surface area contributed by atoms with Gasteiger partial charge in [-0.25, -0.2) is 0 Å². The van der Waals surface area contributed by atoms with Gasteiger partial charge in [0.2, 0.25) is 0 Å². The smallest absolute Gasteiger partial charge is 0.163 e. The number of ketones is 1. The van der Waals surface area contributed by atoms with Crippen LogP contribution in [0.4, 0.5) is 0 Å². The minimum atomic E-state index is -0.706. The number of aryl methyl sites for hydroxylation is 2. The van der Waals surface area contributed by atoms with E-state index in [4.69, 9.17) is 19.4 Å². The van der Waals surface area contributed by atoms with E-state index in [0.29, 0.717) is 6.61 Å². The van der Waals surface area contributed by atoms with E-state index in [0.717, 1.165) is 68.3 Å². The van der Waals surface area contributed by atoms with Crippen LogP contribution in [0.1, 0.15) is 63.1 Å². The molecule has 0 radical (unpaired) electrons. The number of benzene rings is 2. The topological polar surface area (TPSA) is 61.3 Å². The number of hydrogen-bond donors (Lipinski definition) is 0. The fourth-order valence-electron chi connectivity index (χ4n) is 5.09. The van der Waals surface area contributed by atoms with Crippen LogP contribution in [0.5, 0.6) is 5.75 Å². The second kappa shape index (κ2) is 8.72. The maximum absolute atomic E-state index is 13.0. The molecule has 0 N–H and O–H groups in total. The second-order valence-electron chi connectivity index (χ2n) is 10.3. The Balaban J connectivity index is 1.91. The number of ether oxygens (including phenoxy) is 2. The summed E-state index contributed by atoms with van der Waals surface area (Å²) in [5.41, 5.74) is 7.35. The molecule has 1 aliphatic heterocycles. The number of carbonyl (C=O) groups is 1. The van der Waals surface area contributed by atoms with E-state index in [1.165, 1.54) is 5.56 Å². The quantitative estimate of drug-likeness (QED) is 0.326. The van der Waals surface area contributed by atoms with Gasteiger partial charge in [0.15, 0.2) is 5.78 Å². The van der Waals surface area contributed by atoms with Crippen LogP contribution in [0.15, 0.2) is 42.6 Å². The lowest BCUT2D eigenvalue weighted by atomic mass is 9.85. The summed E-state index contributed by atoms with van der Waals surface area (Å²) < 4.78 is 12.4. The lowest BCUT2D eigenvalue weighted by molar-refractivity contribution is -0.138. The molecule has 5 heteroatoms. The van der Waals surface area contributed by atoms with Gasteiger partial charge in [0.05, 0.1) is 23.2 Å². The normalized spacial score (nSPS) is 14.2. The molecule has 35 heavy (non-hydrogen) atoms. The minimum absolute atomic E-state index is 0.0270. The van der Waals surface area contributed by atoms with Crippen LogP contribution in [-0.4, -0.2) is 28.0 Å². The molecule has 5 nitrogen and oxygen atoms in total. The fourth-order valence-corrected chi connectivity index (χ4v) is 5.09. The summed E-state index contributed by atoms with van der Waals surface area (Å²) in [5.74, 6) is 0.831.